The van der Waals surface area contributed by atoms with E-state index in [2.05, 4.69) is 5.32 Å². The average molecular weight is 212 g/mol. The van der Waals surface area contributed by atoms with Crippen LogP contribution in [-0.4, -0.2) is 22.6 Å². The highest BCUT2D eigenvalue weighted by atomic mass is 16.3. The third kappa shape index (κ3) is 2.83. The van der Waals surface area contributed by atoms with Gasteiger partial charge in [0.05, 0.1) is 5.56 Å². The summed E-state index contributed by atoms with van der Waals surface area (Å²) in [6.45, 7) is 4.00. The smallest absolute Gasteiger partial charge is 0.293 e. The predicted molar refractivity (Wildman–Crippen MR) is 58.1 cm³/mol. The molecule has 5 nitrogen and oxygen atoms in total. The van der Waals surface area contributed by atoms with Crippen LogP contribution in [0, 0.1) is 0 Å². The molecular weight excluding hydrogens is 196 g/mol. The third-order valence-electron chi connectivity index (χ3n) is 1.71. The second kappa shape index (κ2) is 5.85. The van der Waals surface area contributed by atoms with Crippen LogP contribution in [0.25, 0.3) is 0 Å². The zero-order valence-electron chi connectivity index (χ0n) is 9.37. The predicted octanol–water partition coefficient (Wildman–Crippen LogP) is 0.477. The Morgan fingerprint density at radius 3 is 2.47 bits per heavy atom. The number of pyridine rings is 1. The molecule has 0 unspecified atom stereocenters. The monoisotopic (exact) mass is 212 g/mol. The van der Waals surface area contributed by atoms with Gasteiger partial charge in [0.1, 0.15) is 0 Å². The van der Waals surface area contributed by atoms with Crippen LogP contribution in [0.15, 0.2) is 17.1 Å². The summed E-state index contributed by atoms with van der Waals surface area (Å²) in [4.78, 5) is 22.2. The molecule has 15 heavy (non-hydrogen) atoms. The first-order valence-corrected chi connectivity index (χ1v) is 4.68. The van der Waals surface area contributed by atoms with Crippen molar-refractivity contribution in [2.45, 2.75) is 13.8 Å². The SMILES string of the molecule is CC.CNC(=O)c1ccn(C)c(=O)c1O. The molecule has 0 aliphatic carbocycles. The van der Waals surface area contributed by atoms with E-state index in [0.29, 0.717) is 0 Å². The van der Waals surface area contributed by atoms with Crippen molar-refractivity contribution in [1.82, 2.24) is 9.88 Å². The molecule has 0 spiro atoms. The van der Waals surface area contributed by atoms with Gasteiger partial charge in [0, 0.05) is 20.3 Å². The van der Waals surface area contributed by atoms with E-state index in [-0.39, 0.29) is 5.56 Å². The fraction of sp³-hybridized carbons (Fsp3) is 0.400. The number of rotatable bonds is 1. The Morgan fingerprint density at radius 1 is 1.47 bits per heavy atom. The summed E-state index contributed by atoms with van der Waals surface area (Å²) in [6.07, 6.45) is 1.42. The zero-order valence-corrected chi connectivity index (χ0v) is 9.37. The quantitative estimate of drug-likeness (QED) is 0.711. The number of nitrogens with one attached hydrogen (secondary N) is 1. The summed E-state index contributed by atoms with van der Waals surface area (Å²) in [5.74, 6) is -1.00. The highest BCUT2D eigenvalue weighted by Crippen LogP contribution is 2.08. The summed E-state index contributed by atoms with van der Waals surface area (Å²) in [6, 6.07) is 1.38. The third-order valence-corrected chi connectivity index (χ3v) is 1.71. The second-order valence-corrected chi connectivity index (χ2v) is 2.57. The standard InChI is InChI=1S/C8H10N2O3.C2H6/c1-9-7(12)5-3-4-10(2)8(13)6(5)11;1-2/h3-4,11H,1-2H3,(H,9,12);1-2H3. The topological polar surface area (TPSA) is 71.3 Å². The van der Waals surface area contributed by atoms with Crippen LogP contribution in [0.1, 0.15) is 24.2 Å². The van der Waals surface area contributed by atoms with Crippen LogP contribution >= 0.6 is 0 Å². The van der Waals surface area contributed by atoms with Crippen molar-refractivity contribution in [2.75, 3.05) is 7.05 Å². The van der Waals surface area contributed by atoms with Crippen LogP contribution in [0.2, 0.25) is 0 Å². The molecule has 0 radical (unpaired) electrons. The van der Waals surface area contributed by atoms with Crippen molar-refractivity contribution in [2.24, 2.45) is 7.05 Å². The number of aromatic nitrogens is 1. The maximum atomic E-state index is 11.1. The zero-order chi connectivity index (χ0) is 12.0. The van der Waals surface area contributed by atoms with E-state index in [1.165, 1.54) is 30.9 Å². The van der Waals surface area contributed by atoms with E-state index in [9.17, 15) is 14.7 Å². The Morgan fingerprint density at radius 2 is 2.00 bits per heavy atom. The molecule has 0 saturated carbocycles. The van der Waals surface area contributed by atoms with E-state index in [1.807, 2.05) is 13.8 Å². The van der Waals surface area contributed by atoms with E-state index in [1.54, 1.807) is 0 Å². The van der Waals surface area contributed by atoms with E-state index < -0.39 is 17.2 Å². The fourth-order valence-electron chi connectivity index (χ4n) is 0.933. The lowest BCUT2D eigenvalue weighted by Gasteiger charge is -2.03. The lowest BCUT2D eigenvalue weighted by molar-refractivity contribution is 0.0960. The van der Waals surface area contributed by atoms with Crippen LogP contribution < -0.4 is 10.9 Å². The first-order valence-electron chi connectivity index (χ1n) is 4.68. The molecule has 0 fully saturated rings. The van der Waals surface area contributed by atoms with Crippen molar-refractivity contribution in [1.29, 1.82) is 0 Å². The molecule has 0 atom stereocenters. The Balaban J connectivity index is 0.000000921. The number of nitrogens with zero attached hydrogens (tertiary/aromatic N) is 1. The lowest BCUT2D eigenvalue weighted by atomic mass is 10.2. The highest BCUT2D eigenvalue weighted by molar-refractivity contribution is 5.96. The van der Waals surface area contributed by atoms with Crippen molar-refractivity contribution < 1.29 is 9.90 Å². The van der Waals surface area contributed by atoms with Crippen molar-refractivity contribution in [3.63, 3.8) is 0 Å². The van der Waals surface area contributed by atoms with Crippen LogP contribution in [0.5, 0.6) is 5.75 Å². The van der Waals surface area contributed by atoms with Gasteiger partial charge < -0.3 is 15.0 Å². The summed E-state index contributed by atoms with van der Waals surface area (Å²) in [7, 11) is 2.93. The Labute approximate surface area is 88.4 Å². The molecule has 1 aromatic rings. The Kier molecular flexibility index (Phi) is 5.15. The van der Waals surface area contributed by atoms with Gasteiger partial charge >= 0.3 is 0 Å². The van der Waals surface area contributed by atoms with Crippen molar-refractivity contribution in [3.05, 3.63) is 28.2 Å². The number of carbonyl (C=O) groups excluding carboxylic acids is 1. The molecule has 0 aliphatic heterocycles. The lowest BCUT2D eigenvalue weighted by Crippen LogP contribution is -2.23. The van der Waals surface area contributed by atoms with Crippen molar-refractivity contribution >= 4 is 5.91 Å². The van der Waals surface area contributed by atoms with Crippen molar-refractivity contribution in [3.8, 4) is 5.75 Å². The summed E-state index contributed by atoms with van der Waals surface area (Å²) in [5.41, 5.74) is -0.591. The molecule has 1 heterocycles. The number of hydrogen-bond acceptors (Lipinski definition) is 3. The minimum absolute atomic E-state index is 0.00870. The fourth-order valence-corrected chi connectivity index (χ4v) is 0.933. The summed E-state index contributed by atoms with van der Waals surface area (Å²) >= 11 is 0. The first kappa shape index (κ1) is 13.2. The molecule has 0 aromatic carbocycles. The normalized spacial score (nSPS) is 8.80. The maximum absolute atomic E-state index is 11.1. The average Bonchev–Trinajstić information content (AvgIpc) is 2.28. The van der Waals surface area contributed by atoms with Gasteiger partial charge in [-0.1, -0.05) is 13.8 Å². The first-order chi connectivity index (χ1) is 7.07. The maximum Gasteiger partial charge on any atom is 0.293 e. The molecule has 1 aromatic heterocycles. The minimum Gasteiger partial charge on any atom is -0.502 e. The number of hydrogen-bond donors (Lipinski definition) is 2. The largest absolute Gasteiger partial charge is 0.502 e. The number of aromatic hydroxyl groups is 1. The Hall–Kier alpha value is -1.78. The molecule has 84 valence electrons. The Bertz CT molecular complexity index is 396. The van der Waals surface area contributed by atoms with Gasteiger partial charge in [-0.3, -0.25) is 9.59 Å². The van der Waals surface area contributed by atoms with Gasteiger partial charge in [0.15, 0.2) is 5.75 Å². The van der Waals surface area contributed by atoms with Gasteiger partial charge in [-0.05, 0) is 6.07 Å². The molecule has 0 aliphatic rings. The summed E-state index contributed by atoms with van der Waals surface area (Å²) < 4.78 is 1.20. The number of aryl methyl sites for hydroxylation is 1. The van der Waals surface area contributed by atoms with Gasteiger partial charge in [-0.15, -0.1) is 0 Å². The van der Waals surface area contributed by atoms with Crippen LogP contribution in [0.4, 0.5) is 0 Å². The van der Waals surface area contributed by atoms with E-state index in [0.717, 1.165) is 0 Å². The minimum atomic E-state index is -0.582. The van der Waals surface area contributed by atoms with Crippen LogP contribution in [0.3, 0.4) is 0 Å². The second-order valence-electron chi connectivity index (χ2n) is 2.57. The molecule has 0 saturated heterocycles. The molecule has 2 N–H and O–H groups in total. The number of carbonyl (C=O) groups is 1. The van der Waals surface area contributed by atoms with Gasteiger partial charge in [0.25, 0.3) is 11.5 Å². The molecule has 1 rings (SSSR count). The van der Waals surface area contributed by atoms with Gasteiger partial charge in [0.2, 0.25) is 0 Å². The molecule has 1 amide bonds. The van der Waals surface area contributed by atoms with Gasteiger partial charge in [-0.25, -0.2) is 0 Å². The van der Waals surface area contributed by atoms with Crippen LogP contribution in [-0.2, 0) is 7.05 Å². The number of amides is 1. The molecular formula is C10H16N2O3. The highest BCUT2D eigenvalue weighted by Gasteiger charge is 2.12. The van der Waals surface area contributed by atoms with E-state index >= 15 is 0 Å². The molecule has 0 bridgehead atoms. The van der Waals surface area contributed by atoms with Gasteiger partial charge in [-0.2, -0.15) is 0 Å². The summed E-state index contributed by atoms with van der Waals surface area (Å²) in [5, 5.41) is 11.6. The van der Waals surface area contributed by atoms with E-state index in [4.69, 9.17) is 0 Å². The molecule has 5 heteroatoms.